The Hall–Kier alpha value is -0.640. The minimum Gasteiger partial charge on any atom is -0.142 e. The van der Waals surface area contributed by atoms with Gasteiger partial charge in [0.1, 0.15) is 0 Å². The molecule has 1 atom stereocenters. The summed E-state index contributed by atoms with van der Waals surface area (Å²) in [6.07, 6.45) is 3.79. The van der Waals surface area contributed by atoms with Gasteiger partial charge in [-0.05, 0) is 74.3 Å². The summed E-state index contributed by atoms with van der Waals surface area (Å²) >= 11 is 9.38. The number of hydrogen-bond acceptors (Lipinski definition) is 1. The number of aryl methyl sites for hydroxylation is 2. The molecule has 0 saturated heterocycles. The average Bonchev–Trinajstić information content (AvgIpc) is 3.13. The van der Waals surface area contributed by atoms with E-state index >= 15 is 0 Å². The van der Waals surface area contributed by atoms with Gasteiger partial charge in [0.25, 0.3) is 0 Å². The van der Waals surface area contributed by atoms with Crippen LogP contribution in [0.15, 0.2) is 46.3 Å². The fraction of sp³-hybridized carbons (Fsp3) is 0.222. The van der Waals surface area contributed by atoms with E-state index in [0.29, 0.717) is 0 Å². The van der Waals surface area contributed by atoms with Crippen LogP contribution < -0.4 is 0 Å². The first-order chi connectivity index (χ1) is 10.2. The molecule has 0 spiro atoms. The van der Waals surface area contributed by atoms with Crippen molar-refractivity contribution < 1.29 is 0 Å². The van der Waals surface area contributed by atoms with Gasteiger partial charge in [-0.1, -0.05) is 46.3 Å². The first-order valence-electron chi connectivity index (χ1n) is 7.15. The predicted octanol–water partition coefficient (Wildman–Crippen LogP) is 6.64. The van der Waals surface area contributed by atoms with Crippen molar-refractivity contribution in [3.8, 4) is 0 Å². The lowest BCUT2D eigenvalue weighted by atomic mass is 10.00. The Bertz CT molecular complexity index is 819. The zero-order chi connectivity index (χ0) is 14.4. The normalized spacial score (nSPS) is 15.3. The van der Waals surface area contributed by atoms with Crippen molar-refractivity contribution in [2.45, 2.75) is 24.1 Å². The highest BCUT2D eigenvalue weighted by molar-refractivity contribution is 9.10. The third kappa shape index (κ3) is 2.39. The zero-order valence-corrected chi connectivity index (χ0v) is 15.4. The third-order valence-corrected chi connectivity index (χ3v) is 7.26. The molecule has 1 aliphatic carbocycles. The van der Waals surface area contributed by atoms with E-state index in [1.165, 1.54) is 56.1 Å². The van der Waals surface area contributed by atoms with Crippen molar-refractivity contribution in [3.05, 3.63) is 68.5 Å². The average molecular weight is 422 g/mol. The highest BCUT2D eigenvalue weighted by Gasteiger charge is 2.18. The number of rotatable bonds is 2. The number of alkyl halides is 1. The highest BCUT2D eigenvalue weighted by atomic mass is 79.9. The van der Waals surface area contributed by atoms with E-state index in [4.69, 9.17) is 0 Å². The van der Waals surface area contributed by atoms with E-state index < -0.39 is 0 Å². The summed E-state index contributed by atoms with van der Waals surface area (Å²) in [6, 6.07) is 13.4. The molecule has 0 amide bonds. The van der Waals surface area contributed by atoms with Gasteiger partial charge in [-0.25, -0.2) is 0 Å². The molecule has 1 aliphatic rings. The molecular weight excluding hydrogens is 408 g/mol. The molecule has 0 bridgehead atoms. The lowest BCUT2D eigenvalue weighted by Crippen LogP contribution is -1.94. The van der Waals surface area contributed by atoms with Crippen LogP contribution in [0.5, 0.6) is 0 Å². The van der Waals surface area contributed by atoms with Crippen molar-refractivity contribution in [3.63, 3.8) is 0 Å². The molecule has 1 heterocycles. The Morgan fingerprint density at radius 2 is 1.90 bits per heavy atom. The summed E-state index contributed by atoms with van der Waals surface area (Å²) in [5, 5.41) is 3.62. The third-order valence-electron chi connectivity index (χ3n) is 4.27. The molecule has 1 aromatic heterocycles. The van der Waals surface area contributed by atoms with Crippen molar-refractivity contribution in [2.24, 2.45) is 0 Å². The SMILES string of the molecule is Brc1cccc2c(C(Br)c3ccc4c(c3)CCC4)csc12. The predicted molar refractivity (Wildman–Crippen MR) is 98.8 cm³/mol. The summed E-state index contributed by atoms with van der Waals surface area (Å²) in [4.78, 5) is 0.270. The van der Waals surface area contributed by atoms with Crippen LogP contribution in [0.25, 0.3) is 10.1 Å². The molecule has 106 valence electrons. The van der Waals surface area contributed by atoms with E-state index in [9.17, 15) is 0 Å². The number of fused-ring (bicyclic) bond motifs is 2. The van der Waals surface area contributed by atoms with Gasteiger partial charge in [-0.3, -0.25) is 0 Å². The smallest absolute Gasteiger partial charge is 0.0658 e. The number of hydrogen-bond donors (Lipinski definition) is 0. The zero-order valence-electron chi connectivity index (χ0n) is 11.4. The Kier molecular flexibility index (Phi) is 3.68. The maximum atomic E-state index is 3.92. The lowest BCUT2D eigenvalue weighted by Gasteiger charge is -2.12. The van der Waals surface area contributed by atoms with Crippen LogP contribution in [0, 0.1) is 0 Å². The fourth-order valence-corrected chi connectivity index (χ4v) is 5.65. The fourth-order valence-electron chi connectivity index (χ4n) is 3.17. The maximum Gasteiger partial charge on any atom is 0.0658 e. The van der Waals surface area contributed by atoms with Crippen LogP contribution in [-0.2, 0) is 12.8 Å². The first kappa shape index (κ1) is 14.0. The second kappa shape index (κ2) is 5.53. The lowest BCUT2D eigenvalue weighted by molar-refractivity contribution is 0.911. The maximum absolute atomic E-state index is 3.92. The summed E-state index contributed by atoms with van der Waals surface area (Å²) in [5.74, 6) is 0. The second-order valence-electron chi connectivity index (χ2n) is 5.55. The topological polar surface area (TPSA) is 0 Å². The molecule has 0 fully saturated rings. The summed E-state index contributed by atoms with van der Waals surface area (Å²) in [6.45, 7) is 0. The van der Waals surface area contributed by atoms with Gasteiger partial charge in [0.15, 0.2) is 0 Å². The molecule has 0 nitrogen and oxygen atoms in total. The van der Waals surface area contributed by atoms with Crippen LogP contribution in [-0.4, -0.2) is 0 Å². The number of halogens is 2. The molecule has 0 aliphatic heterocycles. The van der Waals surface area contributed by atoms with Gasteiger partial charge in [0, 0.05) is 9.17 Å². The molecule has 3 heteroatoms. The van der Waals surface area contributed by atoms with Gasteiger partial charge in [-0.15, -0.1) is 11.3 Å². The van der Waals surface area contributed by atoms with Crippen molar-refractivity contribution in [1.82, 2.24) is 0 Å². The quantitative estimate of drug-likeness (QED) is 0.407. The molecule has 0 radical (unpaired) electrons. The Morgan fingerprint density at radius 3 is 2.81 bits per heavy atom. The van der Waals surface area contributed by atoms with Crippen molar-refractivity contribution in [2.75, 3.05) is 0 Å². The van der Waals surface area contributed by atoms with Crippen molar-refractivity contribution in [1.29, 1.82) is 0 Å². The standard InChI is InChI=1S/C18H14Br2S/c19-16-6-2-5-14-15(10-21-18(14)16)17(20)13-8-7-11-3-1-4-12(11)9-13/h2,5-10,17H,1,3-4H2. The van der Waals surface area contributed by atoms with E-state index in [-0.39, 0.29) is 4.83 Å². The number of benzene rings is 2. The van der Waals surface area contributed by atoms with Gasteiger partial charge in [0.05, 0.1) is 4.83 Å². The molecule has 0 N–H and O–H groups in total. The minimum absolute atomic E-state index is 0.270. The van der Waals surface area contributed by atoms with Gasteiger partial charge in [0.2, 0.25) is 0 Å². The molecule has 4 rings (SSSR count). The summed E-state index contributed by atoms with van der Waals surface area (Å²) in [7, 11) is 0. The van der Waals surface area contributed by atoms with E-state index in [0.717, 1.165) is 0 Å². The molecule has 1 unspecified atom stereocenters. The van der Waals surface area contributed by atoms with E-state index in [1.807, 2.05) is 11.3 Å². The second-order valence-corrected chi connectivity index (χ2v) is 8.20. The molecule has 0 saturated carbocycles. The monoisotopic (exact) mass is 420 g/mol. The minimum atomic E-state index is 0.270. The molecule has 21 heavy (non-hydrogen) atoms. The van der Waals surface area contributed by atoms with Gasteiger partial charge < -0.3 is 0 Å². The Balaban J connectivity index is 1.79. The first-order valence-corrected chi connectivity index (χ1v) is 9.74. The largest absolute Gasteiger partial charge is 0.142 e. The van der Waals surface area contributed by atoms with Crippen molar-refractivity contribution >= 4 is 53.3 Å². The van der Waals surface area contributed by atoms with Crippen LogP contribution >= 0.6 is 43.2 Å². The molecule has 3 aromatic rings. The Labute approximate surface area is 145 Å². The van der Waals surface area contributed by atoms with Crippen LogP contribution in [0.3, 0.4) is 0 Å². The van der Waals surface area contributed by atoms with Crippen LogP contribution in [0.2, 0.25) is 0 Å². The van der Waals surface area contributed by atoms with Gasteiger partial charge in [-0.2, -0.15) is 0 Å². The van der Waals surface area contributed by atoms with E-state index in [1.54, 1.807) is 0 Å². The Morgan fingerprint density at radius 1 is 1.05 bits per heavy atom. The number of thiophene rings is 1. The molecular formula is C18H14Br2S. The van der Waals surface area contributed by atoms with Gasteiger partial charge >= 0.3 is 0 Å². The van der Waals surface area contributed by atoms with Crippen LogP contribution in [0.4, 0.5) is 0 Å². The van der Waals surface area contributed by atoms with Crippen LogP contribution in [0.1, 0.15) is 33.5 Å². The summed E-state index contributed by atoms with van der Waals surface area (Å²) in [5.41, 5.74) is 5.82. The van der Waals surface area contributed by atoms with E-state index in [2.05, 4.69) is 73.6 Å². The highest BCUT2D eigenvalue weighted by Crippen LogP contribution is 2.41. The summed E-state index contributed by atoms with van der Waals surface area (Å²) < 4.78 is 2.52. The molecule has 2 aromatic carbocycles.